The molecule has 0 fully saturated rings. The molecule has 0 unspecified atom stereocenters. The Balaban J connectivity index is 2.19. The van der Waals surface area contributed by atoms with Crippen LogP contribution in [0.3, 0.4) is 0 Å². The van der Waals surface area contributed by atoms with Crippen molar-refractivity contribution >= 4 is 23.5 Å². The van der Waals surface area contributed by atoms with Crippen molar-refractivity contribution < 1.29 is 4.39 Å². The minimum Gasteiger partial charge on any atom is -0.383 e. The van der Waals surface area contributed by atoms with Gasteiger partial charge in [0.15, 0.2) is 0 Å². The number of anilines is 1. The molecule has 0 spiro atoms. The molecular weight excluding hydrogens is 385 g/mol. The number of nitrogens with two attached hydrogens (primary N) is 1. The molecule has 31 heavy (non-hydrogen) atoms. The van der Waals surface area contributed by atoms with Crippen molar-refractivity contribution in [1.82, 2.24) is 9.97 Å². The first-order valence-corrected chi connectivity index (χ1v) is 10.7. The number of unbranched alkanes of at least 4 members (excludes halogenated alkanes) is 1. The highest BCUT2D eigenvalue weighted by Crippen LogP contribution is 2.28. The van der Waals surface area contributed by atoms with Gasteiger partial charge in [0.1, 0.15) is 18.0 Å². The van der Waals surface area contributed by atoms with E-state index >= 15 is 0 Å². The summed E-state index contributed by atoms with van der Waals surface area (Å²) in [6, 6.07) is 5.24. The number of benzene rings is 1. The summed E-state index contributed by atoms with van der Waals surface area (Å²) >= 11 is 0. The lowest BCUT2D eigenvalue weighted by molar-refractivity contribution is 0.618. The lowest BCUT2D eigenvalue weighted by Crippen LogP contribution is -2.32. The monoisotopic (exact) mass is 415 g/mol. The van der Waals surface area contributed by atoms with E-state index in [-0.39, 0.29) is 5.82 Å². The quantitative estimate of drug-likeness (QED) is 0.510. The number of hydrogen-bond acceptors (Lipinski definition) is 3. The van der Waals surface area contributed by atoms with Crippen molar-refractivity contribution in [3.8, 4) is 0 Å². The predicted molar refractivity (Wildman–Crippen MR) is 129 cm³/mol. The molecule has 1 aliphatic carbocycles. The number of halogens is 1. The van der Waals surface area contributed by atoms with Crippen LogP contribution >= 0.6 is 0 Å². The summed E-state index contributed by atoms with van der Waals surface area (Å²) in [5.41, 5.74) is 11.0. The molecule has 1 aromatic carbocycles. The van der Waals surface area contributed by atoms with E-state index in [1.165, 1.54) is 12.4 Å². The number of nitrogen functional groups attached to an aromatic ring is 1. The van der Waals surface area contributed by atoms with Crippen molar-refractivity contribution in [2.45, 2.75) is 40.5 Å². The normalized spacial score (nSPS) is 16.4. The maximum Gasteiger partial charge on any atom is 0.134 e. The summed E-state index contributed by atoms with van der Waals surface area (Å²) in [6.07, 6.45) is 18.3. The molecule has 0 aliphatic heterocycles. The van der Waals surface area contributed by atoms with Gasteiger partial charge in [-0.15, -0.1) is 0 Å². The molecule has 0 saturated carbocycles. The molecule has 160 valence electrons. The van der Waals surface area contributed by atoms with Crippen LogP contribution in [0.2, 0.25) is 0 Å². The van der Waals surface area contributed by atoms with Gasteiger partial charge in [-0.2, -0.15) is 0 Å². The molecule has 3 rings (SSSR count). The minimum atomic E-state index is -0.195. The molecule has 0 bridgehead atoms. The Kier molecular flexibility index (Phi) is 7.35. The van der Waals surface area contributed by atoms with Crippen molar-refractivity contribution in [3.05, 3.63) is 93.6 Å². The average Bonchev–Trinajstić information content (AvgIpc) is 3.59. The topological polar surface area (TPSA) is 51.8 Å². The second-order valence-electron chi connectivity index (χ2n) is 7.76. The summed E-state index contributed by atoms with van der Waals surface area (Å²) < 4.78 is 13.8. The number of aryl methyl sites for hydroxylation is 1. The van der Waals surface area contributed by atoms with Gasteiger partial charge >= 0.3 is 0 Å². The standard InChI is InChI=1S/C27H30FN3/c1-5-7-8-26-24(27(29)31-17-30-26)16-21(6-2)23(13-11-20-9-10-20)19(4)22-12-14-25(28)18(3)15-22/h6,8-17,20H,5,7H2,1-4H3,(H2,29,30,31)/b13-11-,21-6+,23-19-,24-16+,26-8-. The van der Waals surface area contributed by atoms with Gasteiger partial charge in [-0.25, -0.2) is 14.4 Å². The Morgan fingerprint density at radius 3 is 2.65 bits per heavy atom. The molecule has 1 aromatic heterocycles. The van der Waals surface area contributed by atoms with E-state index in [2.05, 4.69) is 66.3 Å². The highest BCUT2D eigenvalue weighted by Gasteiger charge is 2.11. The summed E-state index contributed by atoms with van der Waals surface area (Å²) in [4.78, 5) is 8.65. The van der Waals surface area contributed by atoms with E-state index in [0.717, 1.165) is 45.7 Å². The molecule has 0 saturated heterocycles. The first kappa shape index (κ1) is 22.4. The van der Waals surface area contributed by atoms with Crippen molar-refractivity contribution in [3.63, 3.8) is 0 Å². The van der Waals surface area contributed by atoms with E-state index in [0.29, 0.717) is 17.3 Å². The highest BCUT2D eigenvalue weighted by molar-refractivity contribution is 5.79. The van der Waals surface area contributed by atoms with Gasteiger partial charge in [-0.05, 0) is 73.2 Å². The van der Waals surface area contributed by atoms with Crippen LogP contribution in [0, 0.1) is 18.7 Å². The zero-order valence-electron chi connectivity index (χ0n) is 18.7. The summed E-state index contributed by atoms with van der Waals surface area (Å²) in [6.45, 7) is 8.00. The van der Waals surface area contributed by atoms with Crippen LogP contribution in [-0.4, -0.2) is 9.97 Å². The van der Waals surface area contributed by atoms with Gasteiger partial charge in [0, 0.05) is 11.1 Å². The maximum absolute atomic E-state index is 13.8. The summed E-state index contributed by atoms with van der Waals surface area (Å²) in [5.74, 6) is 0.660. The third kappa shape index (κ3) is 5.66. The van der Waals surface area contributed by atoms with Crippen molar-refractivity contribution in [2.24, 2.45) is 5.92 Å². The molecule has 0 atom stereocenters. The average molecular weight is 416 g/mol. The first-order valence-electron chi connectivity index (χ1n) is 10.7. The second-order valence-corrected chi connectivity index (χ2v) is 7.76. The fourth-order valence-corrected chi connectivity index (χ4v) is 3.36. The Morgan fingerprint density at radius 2 is 2.00 bits per heavy atom. The molecule has 0 radical (unpaired) electrons. The largest absolute Gasteiger partial charge is 0.383 e. The van der Waals surface area contributed by atoms with Crippen LogP contribution in [0.15, 0.2) is 66.1 Å². The third-order valence-electron chi connectivity index (χ3n) is 5.39. The lowest BCUT2D eigenvalue weighted by Gasteiger charge is -2.12. The molecule has 2 N–H and O–H groups in total. The molecule has 0 amide bonds. The molecule has 2 aromatic rings. The number of nitrogens with zero attached hydrogens (tertiary/aromatic N) is 2. The summed E-state index contributed by atoms with van der Waals surface area (Å²) in [5, 5.41) is 1.67. The highest BCUT2D eigenvalue weighted by atomic mass is 19.1. The Bertz CT molecular complexity index is 1190. The van der Waals surface area contributed by atoms with Crippen molar-refractivity contribution in [2.75, 3.05) is 5.73 Å². The Hall–Kier alpha value is -3.27. The van der Waals surface area contributed by atoms with Gasteiger partial charge in [0.05, 0.1) is 5.35 Å². The SMILES string of the molecule is C/C=C(\C=c1\c(N)ncn\c1=C/CCC)C(/C=C\C1C=C1)=C(/C)c1ccc(F)c(C)c1. The first-order chi connectivity index (χ1) is 14.9. The van der Waals surface area contributed by atoms with E-state index in [9.17, 15) is 4.39 Å². The Labute approximate surface area is 183 Å². The molecule has 1 aliphatic rings. The third-order valence-corrected chi connectivity index (χ3v) is 5.39. The van der Waals surface area contributed by atoms with Crippen molar-refractivity contribution in [1.29, 1.82) is 0 Å². The minimum absolute atomic E-state index is 0.195. The van der Waals surface area contributed by atoms with Crippen LogP contribution in [0.4, 0.5) is 10.2 Å². The maximum atomic E-state index is 13.8. The number of hydrogen-bond donors (Lipinski definition) is 1. The van der Waals surface area contributed by atoms with Crippen LogP contribution in [0.25, 0.3) is 17.7 Å². The molecule has 3 nitrogen and oxygen atoms in total. The second kappa shape index (κ2) is 10.2. The number of allylic oxidation sites excluding steroid dienone is 8. The predicted octanol–water partition coefficient (Wildman–Crippen LogP) is 5.03. The van der Waals surface area contributed by atoms with Crippen LogP contribution in [0.5, 0.6) is 0 Å². The van der Waals surface area contributed by atoms with Crippen LogP contribution in [-0.2, 0) is 0 Å². The van der Waals surface area contributed by atoms with Gasteiger partial charge in [0.2, 0.25) is 0 Å². The number of rotatable bonds is 7. The zero-order valence-corrected chi connectivity index (χ0v) is 18.7. The fraction of sp³-hybridized carbons (Fsp3) is 0.259. The van der Waals surface area contributed by atoms with Gasteiger partial charge in [-0.3, -0.25) is 0 Å². The molecule has 1 heterocycles. The van der Waals surface area contributed by atoms with E-state index in [4.69, 9.17) is 5.73 Å². The van der Waals surface area contributed by atoms with Gasteiger partial charge in [-0.1, -0.05) is 55.9 Å². The number of aromatic nitrogens is 2. The molecular formula is C27H30FN3. The fourth-order valence-electron chi connectivity index (χ4n) is 3.36. The lowest BCUT2D eigenvalue weighted by atomic mass is 9.93. The van der Waals surface area contributed by atoms with Gasteiger partial charge in [0.25, 0.3) is 0 Å². The zero-order chi connectivity index (χ0) is 22.4. The smallest absolute Gasteiger partial charge is 0.134 e. The Morgan fingerprint density at radius 1 is 1.23 bits per heavy atom. The van der Waals surface area contributed by atoms with Crippen LogP contribution < -0.4 is 16.3 Å². The summed E-state index contributed by atoms with van der Waals surface area (Å²) in [7, 11) is 0. The van der Waals surface area contributed by atoms with E-state index in [1.807, 2.05) is 19.1 Å². The van der Waals surface area contributed by atoms with Gasteiger partial charge < -0.3 is 5.73 Å². The van der Waals surface area contributed by atoms with E-state index < -0.39 is 0 Å². The molecule has 4 heteroatoms. The van der Waals surface area contributed by atoms with E-state index in [1.54, 1.807) is 6.92 Å². The van der Waals surface area contributed by atoms with Crippen LogP contribution in [0.1, 0.15) is 44.7 Å².